The zero-order chi connectivity index (χ0) is 18.5. The SMILES string of the molecule is CCn1cnc2c(c1=O)CCN(S(=O)(=O)c1ccc3c(c1)C[C@H](C)O3)C2. The van der Waals surface area contributed by atoms with Crippen molar-refractivity contribution in [3.8, 4) is 5.75 Å². The van der Waals surface area contributed by atoms with E-state index in [1.165, 1.54) is 10.6 Å². The van der Waals surface area contributed by atoms with E-state index in [1.807, 2.05) is 13.8 Å². The molecule has 1 aromatic carbocycles. The quantitative estimate of drug-likeness (QED) is 0.808. The number of sulfonamides is 1. The number of aromatic nitrogens is 2. The van der Waals surface area contributed by atoms with Crippen molar-refractivity contribution >= 4 is 10.0 Å². The predicted octanol–water partition coefficient (Wildman–Crippen LogP) is 1.33. The van der Waals surface area contributed by atoms with E-state index in [4.69, 9.17) is 4.74 Å². The summed E-state index contributed by atoms with van der Waals surface area (Å²) in [6, 6.07) is 5.01. The first-order valence-electron chi connectivity index (χ1n) is 8.77. The summed E-state index contributed by atoms with van der Waals surface area (Å²) in [7, 11) is -3.64. The highest BCUT2D eigenvalue weighted by atomic mass is 32.2. The fourth-order valence-electron chi connectivity index (χ4n) is 3.57. The molecule has 0 saturated carbocycles. The highest BCUT2D eigenvalue weighted by molar-refractivity contribution is 7.89. The van der Waals surface area contributed by atoms with Gasteiger partial charge in [-0.15, -0.1) is 0 Å². The van der Waals surface area contributed by atoms with Crippen LogP contribution >= 0.6 is 0 Å². The second-order valence-corrected chi connectivity index (χ2v) is 8.69. The molecule has 1 atom stereocenters. The minimum Gasteiger partial charge on any atom is -0.490 e. The topological polar surface area (TPSA) is 81.5 Å². The lowest BCUT2D eigenvalue weighted by Crippen LogP contribution is -2.40. The number of aryl methyl sites for hydroxylation is 1. The summed E-state index contributed by atoms with van der Waals surface area (Å²) in [4.78, 5) is 16.9. The molecule has 8 heteroatoms. The summed E-state index contributed by atoms with van der Waals surface area (Å²) in [5.74, 6) is 0.752. The van der Waals surface area contributed by atoms with Crippen LogP contribution in [0.2, 0.25) is 0 Å². The van der Waals surface area contributed by atoms with Crippen LogP contribution in [0.25, 0.3) is 0 Å². The van der Waals surface area contributed by atoms with Gasteiger partial charge in [-0.05, 0) is 44.0 Å². The molecule has 7 nitrogen and oxygen atoms in total. The standard InChI is InChI=1S/C18H21N3O4S/c1-3-20-11-19-16-10-21(7-6-15(16)18(20)22)26(23,24)14-4-5-17-13(9-14)8-12(2)25-17/h4-5,9,11-12H,3,6-8,10H2,1-2H3/t12-/m0/s1. The van der Waals surface area contributed by atoms with E-state index in [9.17, 15) is 13.2 Å². The Bertz CT molecular complexity index is 1030. The number of nitrogens with zero attached hydrogens (tertiary/aromatic N) is 3. The van der Waals surface area contributed by atoms with Crippen molar-refractivity contribution in [1.82, 2.24) is 13.9 Å². The van der Waals surface area contributed by atoms with Crippen molar-refractivity contribution in [3.63, 3.8) is 0 Å². The van der Waals surface area contributed by atoms with Crippen molar-refractivity contribution in [2.45, 2.75) is 50.8 Å². The smallest absolute Gasteiger partial charge is 0.256 e. The molecular formula is C18H21N3O4S. The number of benzene rings is 1. The maximum Gasteiger partial charge on any atom is 0.256 e. The third-order valence-corrected chi connectivity index (χ3v) is 6.84. The highest BCUT2D eigenvalue weighted by Gasteiger charge is 2.31. The van der Waals surface area contributed by atoms with Crippen molar-refractivity contribution in [2.75, 3.05) is 6.54 Å². The molecule has 0 amide bonds. The van der Waals surface area contributed by atoms with Gasteiger partial charge in [-0.2, -0.15) is 4.31 Å². The first-order chi connectivity index (χ1) is 12.4. The summed E-state index contributed by atoms with van der Waals surface area (Å²) >= 11 is 0. The summed E-state index contributed by atoms with van der Waals surface area (Å²) < 4.78 is 34.7. The first kappa shape index (κ1) is 17.2. The monoisotopic (exact) mass is 375 g/mol. The molecule has 0 N–H and O–H groups in total. The maximum absolute atomic E-state index is 13.1. The Morgan fingerprint density at radius 3 is 2.92 bits per heavy atom. The Labute approximate surface area is 152 Å². The van der Waals surface area contributed by atoms with Crippen molar-refractivity contribution in [2.24, 2.45) is 0 Å². The summed E-state index contributed by atoms with van der Waals surface area (Å²) in [5, 5.41) is 0. The van der Waals surface area contributed by atoms with Crippen LogP contribution in [0.4, 0.5) is 0 Å². The zero-order valence-corrected chi connectivity index (χ0v) is 15.6. The molecule has 0 fully saturated rings. The first-order valence-corrected chi connectivity index (χ1v) is 10.2. The molecule has 4 rings (SSSR count). The minimum atomic E-state index is -3.64. The molecule has 2 aliphatic heterocycles. The maximum atomic E-state index is 13.1. The number of hydrogen-bond donors (Lipinski definition) is 0. The normalized spacial score (nSPS) is 19.7. The van der Waals surface area contributed by atoms with E-state index in [-0.39, 0.29) is 29.6 Å². The fraction of sp³-hybridized carbons (Fsp3) is 0.444. The van der Waals surface area contributed by atoms with Crippen molar-refractivity contribution < 1.29 is 13.2 Å². The van der Waals surface area contributed by atoms with Gasteiger partial charge in [0, 0.05) is 25.1 Å². The molecule has 3 heterocycles. The van der Waals surface area contributed by atoms with Gasteiger partial charge in [-0.1, -0.05) is 0 Å². The van der Waals surface area contributed by atoms with E-state index in [2.05, 4.69) is 4.98 Å². The van der Waals surface area contributed by atoms with E-state index in [1.54, 1.807) is 22.8 Å². The molecule has 0 saturated heterocycles. The van der Waals surface area contributed by atoms with Crippen LogP contribution in [0.5, 0.6) is 5.75 Å². The van der Waals surface area contributed by atoms with Crippen LogP contribution < -0.4 is 10.3 Å². The van der Waals surface area contributed by atoms with Crippen LogP contribution in [-0.4, -0.2) is 34.9 Å². The lowest BCUT2D eigenvalue weighted by Gasteiger charge is -2.27. The van der Waals surface area contributed by atoms with Crippen LogP contribution in [0.15, 0.2) is 34.2 Å². The molecule has 0 aliphatic carbocycles. The summed E-state index contributed by atoms with van der Waals surface area (Å²) in [5.41, 5.74) is 2.02. The predicted molar refractivity (Wildman–Crippen MR) is 95.7 cm³/mol. The largest absolute Gasteiger partial charge is 0.490 e. The van der Waals surface area contributed by atoms with E-state index in [0.29, 0.717) is 30.6 Å². The third-order valence-electron chi connectivity index (χ3n) is 5.00. The van der Waals surface area contributed by atoms with Gasteiger partial charge >= 0.3 is 0 Å². The Morgan fingerprint density at radius 1 is 1.35 bits per heavy atom. The van der Waals surface area contributed by atoms with Gasteiger partial charge in [0.05, 0.1) is 23.5 Å². The molecular weight excluding hydrogens is 354 g/mol. The van der Waals surface area contributed by atoms with Gasteiger partial charge < -0.3 is 4.74 Å². The van der Waals surface area contributed by atoms with Gasteiger partial charge in [0.2, 0.25) is 10.0 Å². The number of fused-ring (bicyclic) bond motifs is 2. The Morgan fingerprint density at radius 2 is 2.15 bits per heavy atom. The second kappa shape index (κ2) is 6.21. The van der Waals surface area contributed by atoms with Crippen LogP contribution in [0, 0.1) is 0 Å². The Hall–Kier alpha value is -2.19. The number of ether oxygens (including phenoxy) is 1. The minimum absolute atomic E-state index is 0.0646. The van der Waals surface area contributed by atoms with E-state index < -0.39 is 10.0 Å². The van der Waals surface area contributed by atoms with Gasteiger partial charge in [-0.25, -0.2) is 13.4 Å². The number of rotatable bonds is 3. The lowest BCUT2D eigenvalue weighted by atomic mass is 10.1. The molecule has 2 aromatic rings. The zero-order valence-electron chi connectivity index (χ0n) is 14.8. The lowest BCUT2D eigenvalue weighted by molar-refractivity contribution is 0.254. The molecule has 0 unspecified atom stereocenters. The molecule has 0 radical (unpaired) electrons. The summed E-state index contributed by atoms with van der Waals surface area (Å²) in [6.07, 6.45) is 2.65. The second-order valence-electron chi connectivity index (χ2n) is 6.75. The molecule has 26 heavy (non-hydrogen) atoms. The Kier molecular flexibility index (Phi) is 4.11. The van der Waals surface area contributed by atoms with E-state index in [0.717, 1.165) is 11.3 Å². The van der Waals surface area contributed by atoms with Gasteiger partial charge in [0.25, 0.3) is 5.56 Å². The molecule has 1 aromatic heterocycles. The molecule has 138 valence electrons. The summed E-state index contributed by atoms with van der Waals surface area (Å²) in [6.45, 7) is 4.81. The van der Waals surface area contributed by atoms with Crippen LogP contribution in [0.1, 0.15) is 30.7 Å². The van der Waals surface area contributed by atoms with Gasteiger partial charge in [0.15, 0.2) is 0 Å². The van der Waals surface area contributed by atoms with Crippen molar-refractivity contribution in [3.05, 3.63) is 51.7 Å². The average Bonchev–Trinajstić information content (AvgIpc) is 3.01. The van der Waals surface area contributed by atoms with Crippen molar-refractivity contribution in [1.29, 1.82) is 0 Å². The fourth-order valence-corrected chi connectivity index (χ4v) is 5.03. The molecule has 0 spiro atoms. The molecule has 0 bridgehead atoms. The highest BCUT2D eigenvalue weighted by Crippen LogP contribution is 2.32. The van der Waals surface area contributed by atoms with Crippen LogP contribution in [-0.2, 0) is 36.0 Å². The average molecular weight is 375 g/mol. The van der Waals surface area contributed by atoms with Gasteiger partial charge in [0.1, 0.15) is 11.9 Å². The Balaban J connectivity index is 1.65. The molecule has 2 aliphatic rings. The number of hydrogen-bond acceptors (Lipinski definition) is 5. The van der Waals surface area contributed by atoms with Crippen LogP contribution in [0.3, 0.4) is 0 Å². The van der Waals surface area contributed by atoms with Gasteiger partial charge in [-0.3, -0.25) is 9.36 Å². The third kappa shape index (κ3) is 2.73. The van der Waals surface area contributed by atoms with E-state index >= 15 is 0 Å².